The van der Waals surface area contributed by atoms with Gasteiger partial charge in [-0.25, -0.2) is 0 Å². The fraction of sp³-hybridized carbons (Fsp3) is 0.538. The number of quaternary nitrogens is 1. The normalized spacial score (nSPS) is 17.4. The molecule has 0 spiro atoms. The fourth-order valence-electron chi connectivity index (χ4n) is 2.10. The van der Waals surface area contributed by atoms with Gasteiger partial charge in [0.1, 0.15) is 0 Å². The molecule has 2 rings (SSSR count). The van der Waals surface area contributed by atoms with Crippen LogP contribution in [0.15, 0.2) is 18.2 Å². The van der Waals surface area contributed by atoms with Crippen LogP contribution in [0.2, 0.25) is 0 Å². The molecule has 0 bridgehead atoms. The minimum absolute atomic E-state index is 0.745. The lowest BCUT2D eigenvalue weighted by Gasteiger charge is -2.22. The first-order chi connectivity index (χ1) is 7.75. The van der Waals surface area contributed by atoms with Crippen molar-refractivity contribution >= 4 is 11.4 Å². The highest BCUT2D eigenvalue weighted by molar-refractivity contribution is 5.61. The standard InChI is InChI=1S/C13H20N2O/c1-10-2-3-13(12(14)8-10)15-9-11-4-6-16-7-5-11/h2-3,8,11,15H,4-7,9,14H2,1H3/p+1. The third-order valence-electron chi connectivity index (χ3n) is 3.18. The third-order valence-corrected chi connectivity index (χ3v) is 3.18. The van der Waals surface area contributed by atoms with Crippen LogP contribution in [-0.2, 0) is 4.74 Å². The van der Waals surface area contributed by atoms with Crippen LogP contribution in [0.25, 0.3) is 0 Å². The molecule has 1 saturated heterocycles. The summed E-state index contributed by atoms with van der Waals surface area (Å²) in [4.78, 5) is 0. The molecule has 1 aromatic carbocycles. The van der Waals surface area contributed by atoms with Crippen LogP contribution in [0.1, 0.15) is 18.4 Å². The van der Waals surface area contributed by atoms with Gasteiger partial charge < -0.3 is 15.8 Å². The summed E-state index contributed by atoms with van der Waals surface area (Å²) in [7, 11) is 0. The van der Waals surface area contributed by atoms with Gasteiger partial charge >= 0.3 is 0 Å². The van der Waals surface area contributed by atoms with Crippen LogP contribution in [-0.4, -0.2) is 19.8 Å². The number of aryl methyl sites for hydroxylation is 1. The molecule has 1 aromatic rings. The molecule has 0 unspecified atom stereocenters. The van der Waals surface area contributed by atoms with Crippen LogP contribution in [0, 0.1) is 12.8 Å². The Balaban J connectivity index is 1.88. The van der Waals surface area contributed by atoms with Crippen LogP contribution < -0.4 is 11.1 Å². The molecule has 4 N–H and O–H groups in total. The summed E-state index contributed by atoms with van der Waals surface area (Å²) in [5, 5.41) is 3.49. The third kappa shape index (κ3) is 2.97. The van der Waals surface area contributed by atoms with Crippen LogP contribution in [0.3, 0.4) is 0 Å². The highest BCUT2D eigenvalue weighted by Gasteiger charge is 2.14. The Morgan fingerprint density at radius 3 is 2.81 bits per heavy atom. The van der Waals surface area contributed by atoms with Crippen LogP contribution in [0.5, 0.6) is 0 Å². The van der Waals surface area contributed by atoms with Gasteiger partial charge in [0, 0.05) is 25.8 Å². The molecule has 3 nitrogen and oxygen atoms in total. The van der Waals surface area contributed by atoms with E-state index in [1.807, 2.05) is 0 Å². The Morgan fingerprint density at radius 2 is 2.12 bits per heavy atom. The number of ether oxygens (including phenoxy) is 1. The quantitative estimate of drug-likeness (QED) is 0.816. The Labute approximate surface area is 97.0 Å². The monoisotopic (exact) mass is 221 g/mol. The number of nitrogens with one attached hydrogen (secondary N) is 1. The van der Waals surface area contributed by atoms with Crippen molar-refractivity contribution in [1.82, 2.24) is 0 Å². The first-order valence-corrected chi connectivity index (χ1v) is 6.00. The maximum absolute atomic E-state index is 5.35. The zero-order chi connectivity index (χ0) is 11.4. The zero-order valence-electron chi connectivity index (χ0n) is 9.96. The zero-order valence-corrected chi connectivity index (χ0v) is 9.96. The Hall–Kier alpha value is -1.06. The topological polar surface area (TPSA) is 48.9 Å². The molecular weight excluding hydrogens is 200 g/mol. The minimum atomic E-state index is 0.745. The van der Waals surface area contributed by atoms with Gasteiger partial charge in [0.15, 0.2) is 5.69 Å². The maximum Gasteiger partial charge on any atom is 0.151 e. The SMILES string of the molecule is Cc1ccc(NCC2CCOCC2)c([NH3+])c1. The van der Waals surface area contributed by atoms with Gasteiger partial charge in [-0.05, 0) is 37.3 Å². The molecule has 16 heavy (non-hydrogen) atoms. The maximum atomic E-state index is 5.35. The smallest absolute Gasteiger partial charge is 0.151 e. The van der Waals surface area contributed by atoms with Crippen molar-refractivity contribution in [3.63, 3.8) is 0 Å². The fourth-order valence-corrected chi connectivity index (χ4v) is 2.10. The summed E-state index contributed by atoms with van der Waals surface area (Å²) in [6, 6.07) is 6.37. The molecule has 0 saturated carbocycles. The summed E-state index contributed by atoms with van der Waals surface area (Å²) in [6.45, 7) is 4.96. The van der Waals surface area contributed by atoms with Gasteiger partial charge in [-0.2, -0.15) is 0 Å². The second-order valence-electron chi connectivity index (χ2n) is 4.60. The highest BCUT2D eigenvalue weighted by Crippen LogP contribution is 2.20. The number of benzene rings is 1. The van der Waals surface area contributed by atoms with E-state index in [1.165, 1.54) is 18.4 Å². The van der Waals surface area contributed by atoms with E-state index >= 15 is 0 Å². The predicted molar refractivity (Wildman–Crippen MR) is 65.8 cm³/mol. The van der Waals surface area contributed by atoms with E-state index in [2.05, 4.69) is 36.2 Å². The van der Waals surface area contributed by atoms with Gasteiger partial charge in [0.05, 0.1) is 5.69 Å². The van der Waals surface area contributed by atoms with E-state index in [9.17, 15) is 0 Å². The molecule has 1 heterocycles. The molecule has 1 aliphatic heterocycles. The summed E-state index contributed by atoms with van der Waals surface area (Å²) in [5.41, 5.74) is 7.58. The van der Waals surface area contributed by atoms with Gasteiger partial charge in [-0.1, -0.05) is 6.07 Å². The van der Waals surface area contributed by atoms with Crippen molar-refractivity contribution in [2.24, 2.45) is 5.92 Å². The van der Waals surface area contributed by atoms with Gasteiger partial charge in [0.25, 0.3) is 0 Å². The van der Waals surface area contributed by atoms with Crippen molar-refractivity contribution < 1.29 is 10.5 Å². The van der Waals surface area contributed by atoms with Gasteiger partial charge in [0.2, 0.25) is 0 Å². The predicted octanol–water partition coefficient (Wildman–Crippen LogP) is 1.71. The molecule has 88 valence electrons. The number of hydrogen-bond acceptors (Lipinski definition) is 2. The van der Waals surface area contributed by atoms with Crippen LogP contribution >= 0.6 is 0 Å². The van der Waals surface area contributed by atoms with E-state index in [-0.39, 0.29) is 0 Å². The van der Waals surface area contributed by atoms with E-state index in [1.54, 1.807) is 0 Å². The van der Waals surface area contributed by atoms with E-state index in [4.69, 9.17) is 4.74 Å². The number of rotatable bonds is 3. The molecule has 3 heteroatoms. The molecule has 1 aliphatic rings. The average molecular weight is 221 g/mol. The second-order valence-corrected chi connectivity index (χ2v) is 4.60. The summed E-state index contributed by atoms with van der Waals surface area (Å²) < 4.78 is 5.35. The highest BCUT2D eigenvalue weighted by atomic mass is 16.5. The molecular formula is C13H21N2O+. The van der Waals surface area contributed by atoms with E-state index < -0.39 is 0 Å². The number of anilines is 1. The molecule has 1 fully saturated rings. The second kappa shape index (κ2) is 5.32. The largest absolute Gasteiger partial charge is 0.381 e. The van der Waals surface area contributed by atoms with Gasteiger partial charge in [-0.15, -0.1) is 0 Å². The lowest BCUT2D eigenvalue weighted by Crippen LogP contribution is -2.41. The number of hydrogen-bond donors (Lipinski definition) is 2. The molecule has 0 aromatic heterocycles. The van der Waals surface area contributed by atoms with Crippen molar-refractivity contribution in [3.05, 3.63) is 23.8 Å². The van der Waals surface area contributed by atoms with Crippen molar-refractivity contribution in [2.45, 2.75) is 19.8 Å². The van der Waals surface area contributed by atoms with Crippen molar-refractivity contribution in [3.8, 4) is 0 Å². The molecule has 0 radical (unpaired) electrons. The lowest BCUT2D eigenvalue weighted by molar-refractivity contribution is -0.253. The lowest BCUT2D eigenvalue weighted by atomic mass is 10.0. The van der Waals surface area contributed by atoms with E-state index in [0.717, 1.165) is 37.1 Å². The minimum Gasteiger partial charge on any atom is -0.381 e. The van der Waals surface area contributed by atoms with E-state index in [0.29, 0.717) is 0 Å². The summed E-state index contributed by atoms with van der Waals surface area (Å²) in [6.07, 6.45) is 2.34. The molecule has 0 aliphatic carbocycles. The Morgan fingerprint density at radius 1 is 1.38 bits per heavy atom. The average Bonchev–Trinajstić information content (AvgIpc) is 2.29. The molecule has 0 amide bonds. The first-order valence-electron chi connectivity index (χ1n) is 6.00. The van der Waals surface area contributed by atoms with Crippen LogP contribution in [0.4, 0.5) is 11.4 Å². The Bertz CT molecular complexity index is 346. The first kappa shape index (κ1) is 11.4. The Kier molecular flexibility index (Phi) is 3.80. The van der Waals surface area contributed by atoms with Crippen molar-refractivity contribution in [2.75, 3.05) is 25.1 Å². The summed E-state index contributed by atoms with van der Waals surface area (Å²) >= 11 is 0. The molecule has 0 atom stereocenters. The van der Waals surface area contributed by atoms with Crippen molar-refractivity contribution in [1.29, 1.82) is 0 Å². The van der Waals surface area contributed by atoms with Gasteiger partial charge in [-0.3, -0.25) is 0 Å². The summed E-state index contributed by atoms with van der Waals surface area (Å²) in [5.74, 6) is 0.745.